The molecule has 2 aromatic carbocycles. The molecule has 1 aliphatic rings. The van der Waals surface area contributed by atoms with Crippen molar-refractivity contribution < 1.29 is 13.5 Å². The average molecular weight is 367 g/mol. The number of oxazole rings is 1. The van der Waals surface area contributed by atoms with Crippen LogP contribution in [0.1, 0.15) is 5.89 Å². The van der Waals surface area contributed by atoms with Gasteiger partial charge in [-0.3, -0.25) is 4.90 Å². The van der Waals surface area contributed by atoms with Gasteiger partial charge in [0, 0.05) is 37.4 Å². The molecule has 0 saturated carbocycles. The molecule has 0 N–H and O–H groups in total. The molecule has 0 unspecified atom stereocenters. The van der Waals surface area contributed by atoms with Crippen LogP contribution < -0.4 is 9.64 Å². The average Bonchev–Trinajstić information content (AvgIpc) is 3.18. The first-order valence-corrected chi connectivity index (χ1v) is 9.03. The predicted octanol–water partition coefficient (Wildman–Crippen LogP) is 3.81. The number of hydrogen-bond donors (Lipinski definition) is 0. The molecule has 0 radical (unpaired) electrons. The molecule has 27 heavy (non-hydrogen) atoms. The van der Waals surface area contributed by atoms with E-state index in [1.54, 1.807) is 25.4 Å². The summed E-state index contributed by atoms with van der Waals surface area (Å²) in [6.45, 7) is 4.48. The van der Waals surface area contributed by atoms with Crippen LogP contribution in [0.4, 0.5) is 10.1 Å². The summed E-state index contributed by atoms with van der Waals surface area (Å²) in [5.41, 5.74) is 2.05. The number of benzene rings is 2. The molecular weight excluding hydrogens is 345 g/mol. The first-order chi connectivity index (χ1) is 13.2. The predicted molar refractivity (Wildman–Crippen MR) is 102 cm³/mol. The van der Waals surface area contributed by atoms with Crippen LogP contribution in [0.5, 0.6) is 5.75 Å². The second kappa shape index (κ2) is 7.80. The highest BCUT2D eigenvalue weighted by Crippen LogP contribution is 2.23. The first-order valence-electron chi connectivity index (χ1n) is 9.03. The Morgan fingerprint density at radius 2 is 1.70 bits per heavy atom. The molecule has 0 amide bonds. The SMILES string of the molecule is COc1ccc(N2CCN(Cc3ncc(-c4ccc(F)cc4)o3)CC2)cc1. The summed E-state index contributed by atoms with van der Waals surface area (Å²) < 4.78 is 24.1. The molecule has 140 valence electrons. The molecule has 1 saturated heterocycles. The van der Waals surface area contributed by atoms with Gasteiger partial charge in [0.2, 0.25) is 5.89 Å². The largest absolute Gasteiger partial charge is 0.497 e. The number of halogens is 1. The molecule has 0 spiro atoms. The van der Waals surface area contributed by atoms with E-state index in [0.717, 1.165) is 37.5 Å². The van der Waals surface area contributed by atoms with Crippen LogP contribution in [0, 0.1) is 5.82 Å². The van der Waals surface area contributed by atoms with E-state index in [2.05, 4.69) is 26.9 Å². The Morgan fingerprint density at radius 3 is 2.37 bits per heavy atom. The molecule has 1 fully saturated rings. The van der Waals surface area contributed by atoms with Crippen molar-refractivity contribution >= 4 is 5.69 Å². The van der Waals surface area contributed by atoms with Crippen molar-refractivity contribution in [3.8, 4) is 17.1 Å². The number of hydrogen-bond acceptors (Lipinski definition) is 5. The van der Waals surface area contributed by atoms with Crippen LogP contribution in [0.15, 0.2) is 59.1 Å². The van der Waals surface area contributed by atoms with E-state index in [4.69, 9.17) is 9.15 Å². The lowest BCUT2D eigenvalue weighted by molar-refractivity contribution is 0.227. The van der Waals surface area contributed by atoms with E-state index in [9.17, 15) is 4.39 Å². The Hall–Kier alpha value is -2.86. The van der Waals surface area contributed by atoms with Crippen LogP contribution in [0.3, 0.4) is 0 Å². The van der Waals surface area contributed by atoms with Gasteiger partial charge < -0.3 is 14.1 Å². The van der Waals surface area contributed by atoms with Crippen molar-refractivity contribution in [2.45, 2.75) is 6.54 Å². The third-order valence-corrected chi connectivity index (χ3v) is 4.85. The quantitative estimate of drug-likeness (QED) is 0.686. The molecule has 0 atom stereocenters. The van der Waals surface area contributed by atoms with Crippen LogP contribution >= 0.6 is 0 Å². The number of rotatable bonds is 5. The number of piperazine rings is 1. The highest BCUT2D eigenvalue weighted by Gasteiger charge is 2.19. The van der Waals surface area contributed by atoms with Crippen molar-refractivity contribution in [2.24, 2.45) is 0 Å². The Morgan fingerprint density at radius 1 is 1.00 bits per heavy atom. The van der Waals surface area contributed by atoms with Gasteiger partial charge in [-0.2, -0.15) is 0 Å². The Labute approximate surface area is 158 Å². The lowest BCUT2D eigenvalue weighted by Gasteiger charge is -2.35. The lowest BCUT2D eigenvalue weighted by atomic mass is 10.2. The fourth-order valence-electron chi connectivity index (χ4n) is 3.28. The van der Waals surface area contributed by atoms with Gasteiger partial charge in [-0.15, -0.1) is 0 Å². The Bertz CT molecular complexity index is 869. The van der Waals surface area contributed by atoms with E-state index in [1.165, 1.54) is 17.8 Å². The zero-order valence-electron chi connectivity index (χ0n) is 15.3. The van der Waals surface area contributed by atoms with E-state index >= 15 is 0 Å². The summed E-state index contributed by atoms with van der Waals surface area (Å²) in [7, 11) is 1.68. The normalized spacial score (nSPS) is 15.1. The van der Waals surface area contributed by atoms with Gasteiger partial charge in [0.1, 0.15) is 11.6 Å². The fourth-order valence-corrected chi connectivity index (χ4v) is 3.28. The fraction of sp³-hybridized carbons (Fsp3) is 0.286. The van der Waals surface area contributed by atoms with E-state index in [1.807, 2.05) is 12.1 Å². The number of ether oxygens (including phenoxy) is 1. The molecule has 6 heteroatoms. The lowest BCUT2D eigenvalue weighted by Crippen LogP contribution is -2.46. The third kappa shape index (κ3) is 4.11. The van der Waals surface area contributed by atoms with E-state index in [-0.39, 0.29) is 5.82 Å². The maximum Gasteiger partial charge on any atom is 0.209 e. The minimum absolute atomic E-state index is 0.256. The van der Waals surface area contributed by atoms with Crippen molar-refractivity contribution in [1.29, 1.82) is 0 Å². The zero-order chi connectivity index (χ0) is 18.6. The van der Waals surface area contributed by atoms with Gasteiger partial charge in [-0.05, 0) is 48.5 Å². The van der Waals surface area contributed by atoms with Crippen LogP contribution in [-0.2, 0) is 6.54 Å². The van der Waals surface area contributed by atoms with Crippen LogP contribution in [-0.4, -0.2) is 43.2 Å². The Balaban J connectivity index is 1.33. The molecular formula is C21H22FN3O2. The van der Waals surface area contributed by atoms with Crippen molar-refractivity contribution in [2.75, 3.05) is 38.2 Å². The van der Waals surface area contributed by atoms with Gasteiger partial charge >= 0.3 is 0 Å². The molecule has 1 aromatic heterocycles. The van der Waals surface area contributed by atoms with Crippen molar-refractivity contribution in [3.05, 3.63) is 66.4 Å². The zero-order valence-corrected chi connectivity index (χ0v) is 15.3. The van der Waals surface area contributed by atoms with Gasteiger partial charge in [0.05, 0.1) is 19.9 Å². The van der Waals surface area contributed by atoms with Crippen molar-refractivity contribution in [3.63, 3.8) is 0 Å². The summed E-state index contributed by atoms with van der Waals surface area (Å²) in [4.78, 5) is 9.08. The van der Waals surface area contributed by atoms with Gasteiger partial charge in [-0.1, -0.05) is 0 Å². The standard InChI is InChI=1S/C21H22FN3O2/c1-26-19-8-6-18(7-9-19)25-12-10-24(11-13-25)15-21-23-14-20(27-21)16-2-4-17(22)5-3-16/h2-9,14H,10-13,15H2,1H3. The minimum Gasteiger partial charge on any atom is -0.497 e. The third-order valence-electron chi connectivity index (χ3n) is 4.85. The van der Waals surface area contributed by atoms with Gasteiger partial charge in [0.15, 0.2) is 5.76 Å². The number of methoxy groups -OCH3 is 1. The summed E-state index contributed by atoms with van der Waals surface area (Å²) in [5.74, 6) is 1.97. The number of nitrogens with zero attached hydrogens (tertiary/aromatic N) is 3. The van der Waals surface area contributed by atoms with E-state index in [0.29, 0.717) is 18.2 Å². The highest BCUT2D eigenvalue weighted by atomic mass is 19.1. The second-order valence-corrected chi connectivity index (χ2v) is 6.59. The van der Waals surface area contributed by atoms with Crippen LogP contribution in [0.2, 0.25) is 0 Å². The van der Waals surface area contributed by atoms with Crippen LogP contribution in [0.25, 0.3) is 11.3 Å². The minimum atomic E-state index is -0.256. The smallest absolute Gasteiger partial charge is 0.209 e. The van der Waals surface area contributed by atoms with Gasteiger partial charge in [-0.25, -0.2) is 9.37 Å². The molecule has 4 rings (SSSR count). The monoisotopic (exact) mass is 367 g/mol. The molecule has 2 heterocycles. The topological polar surface area (TPSA) is 41.7 Å². The Kier molecular flexibility index (Phi) is 5.07. The summed E-state index contributed by atoms with van der Waals surface area (Å²) in [6, 6.07) is 14.4. The summed E-state index contributed by atoms with van der Waals surface area (Å²) in [6.07, 6.45) is 1.70. The number of aromatic nitrogens is 1. The summed E-state index contributed by atoms with van der Waals surface area (Å²) >= 11 is 0. The number of anilines is 1. The molecule has 0 bridgehead atoms. The van der Waals surface area contributed by atoms with Gasteiger partial charge in [0.25, 0.3) is 0 Å². The maximum absolute atomic E-state index is 13.0. The first kappa shape index (κ1) is 17.5. The molecule has 3 aromatic rings. The molecule has 5 nitrogen and oxygen atoms in total. The maximum atomic E-state index is 13.0. The summed E-state index contributed by atoms with van der Waals surface area (Å²) in [5, 5.41) is 0. The second-order valence-electron chi connectivity index (χ2n) is 6.59. The molecule has 1 aliphatic heterocycles. The van der Waals surface area contributed by atoms with Crippen molar-refractivity contribution in [1.82, 2.24) is 9.88 Å². The highest BCUT2D eigenvalue weighted by molar-refractivity contribution is 5.56. The molecule has 0 aliphatic carbocycles. The van der Waals surface area contributed by atoms with E-state index < -0.39 is 0 Å².